The van der Waals surface area contributed by atoms with Crippen LogP contribution < -0.4 is 5.73 Å². The van der Waals surface area contributed by atoms with E-state index in [9.17, 15) is 13.2 Å². The normalized spacial score (nSPS) is 25.4. The number of nitrogens with two attached hydrogens (primary N) is 1. The summed E-state index contributed by atoms with van der Waals surface area (Å²) in [4.78, 5) is 0. The smallest absolute Gasteiger partial charge is 0.324 e. The molecule has 0 saturated heterocycles. The average molecular weight is 285 g/mol. The molecule has 0 spiro atoms. The van der Waals surface area contributed by atoms with Crippen LogP contribution >= 0.6 is 0 Å². The summed E-state index contributed by atoms with van der Waals surface area (Å²) < 4.78 is 38.3. The molecule has 1 aliphatic rings. The molecule has 1 fully saturated rings. The Morgan fingerprint density at radius 1 is 1.25 bits per heavy atom. The zero-order valence-electron chi connectivity index (χ0n) is 11.8. The van der Waals surface area contributed by atoms with E-state index in [4.69, 9.17) is 5.73 Å². The molecule has 4 heteroatoms. The fraction of sp³-hybridized carbons (Fsp3) is 0.625. The van der Waals surface area contributed by atoms with Crippen molar-refractivity contribution >= 4 is 0 Å². The fourth-order valence-corrected chi connectivity index (χ4v) is 3.39. The van der Waals surface area contributed by atoms with Gasteiger partial charge in [-0.1, -0.05) is 44.7 Å². The highest BCUT2D eigenvalue weighted by atomic mass is 19.4. The van der Waals surface area contributed by atoms with Gasteiger partial charge in [-0.2, -0.15) is 13.2 Å². The van der Waals surface area contributed by atoms with Gasteiger partial charge >= 0.3 is 6.18 Å². The maximum Gasteiger partial charge on any atom is 0.416 e. The molecule has 0 aliphatic heterocycles. The molecule has 3 atom stereocenters. The van der Waals surface area contributed by atoms with Gasteiger partial charge in [-0.05, 0) is 36.0 Å². The maximum absolute atomic E-state index is 12.8. The number of rotatable bonds is 3. The number of halogens is 3. The molecular formula is C16H22F3N. The van der Waals surface area contributed by atoms with Crippen LogP contribution in [0.2, 0.25) is 0 Å². The van der Waals surface area contributed by atoms with E-state index in [0.717, 1.165) is 31.7 Å². The number of benzene rings is 1. The number of hydrogen-bond acceptors (Lipinski definition) is 1. The standard InChI is InChI=1S/C16H22F3N/c1-2-11-6-3-4-9-14(11)15(20)12-7-5-8-13(10-12)16(17,18)19/h5,7-8,10-11,14-15H,2-4,6,9,20H2,1H3. The lowest BCUT2D eigenvalue weighted by molar-refractivity contribution is -0.137. The Morgan fingerprint density at radius 3 is 2.60 bits per heavy atom. The Morgan fingerprint density at radius 2 is 1.95 bits per heavy atom. The first-order valence-electron chi connectivity index (χ1n) is 7.36. The summed E-state index contributed by atoms with van der Waals surface area (Å²) in [7, 11) is 0. The van der Waals surface area contributed by atoms with Gasteiger partial charge in [-0.25, -0.2) is 0 Å². The van der Waals surface area contributed by atoms with Crippen molar-refractivity contribution in [3.05, 3.63) is 35.4 Å². The molecule has 0 heterocycles. The molecule has 0 aromatic heterocycles. The second kappa shape index (κ2) is 6.17. The Kier molecular flexibility index (Phi) is 4.74. The summed E-state index contributed by atoms with van der Waals surface area (Å²) in [6.07, 6.45) is 1.27. The molecule has 1 aromatic rings. The van der Waals surface area contributed by atoms with E-state index in [1.54, 1.807) is 6.07 Å². The zero-order valence-corrected chi connectivity index (χ0v) is 11.8. The van der Waals surface area contributed by atoms with Crippen molar-refractivity contribution in [2.24, 2.45) is 17.6 Å². The van der Waals surface area contributed by atoms with E-state index >= 15 is 0 Å². The Hall–Kier alpha value is -1.03. The molecule has 0 radical (unpaired) electrons. The van der Waals surface area contributed by atoms with Crippen molar-refractivity contribution in [1.29, 1.82) is 0 Å². The third-order valence-corrected chi connectivity index (χ3v) is 4.55. The largest absolute Gasteiger partial charge is 0.416 e. The summed E-state index contributed by atoms with van der Waals surface area (Å²) in [6, 6.07) is 5.21. The van der Waals surface area contributed by atoms with Crippen molar-refractivity contribution in [3.8, 4) is 0 Å². The van der Waals surface area contributed by atoms with Gasteiger partial charge in [0.15, 0.2) is 0 Å². The molecule has 3 unspecified atom stereocenters. The molecule has 1 aromatic carbocycles. The van der Waals surface area contributed by atoms with E-state index in [1.165, 1.54) is 18.6 Å². The van der Waals surface area contributed by atoms with Crippen LogP contribution in [0.3, 0.4) is 0 Å². The fourth-order valence-electron chi connectivity index (χ4n) is 3.39. The van der Waals surface area contributed by atoms with Gasteiger partial charge in [-0.15, -0.1) is 0 Å². The summed E-state index contributed by atoms with van der Waals surface area (Å²) in [5.41, 5.74) is 6.29. The lowest BCUT2D eigenvalue weighted by atomic mass is 9.72. The number of alkyl halides is 3. The molecule has 112 valence electrons. The van der Waals surface area contributed by atoms with E-state index in [-0.39, 0.29) is 6.04 Å². The Bertz CT molecular complexity index is 442. The lowest BCUT2D eigenvalue weighted by Crippen LogP contribution is -2.30. The summed E-state index contributed by atoms with van der Waals surface area (Å²) >= 11 is 0. The minimum Gasteiger partial charge on any atom is -0.324 e. The maximum atomic E-state index is 12.8. The molecule has 20 heavy (non-hydrogen) atoms. The predicted molar refractivity (Wildman–Crippen MR) is 74.1 cm³/mol. The van der Waals surface area contributed by atoms with Crippen LogP contribution in [0.1, 0.15) is 56.2 Å². The van der Waals surface area contributed by atoms with Crippen molar-refractivity contribution in [1.82, 2.24) is 0 Å². The van der Waals surface area contributed by atoms with Gasteiger partial charge in [0, 0.05) is 6.04 Å². The SMILES string of the molecule is CCC1CCCCC1C(N)c1cccc(C(F)(F)F)c1. The average Bonchev–Trinajstić information content (AvgIpc) is 2.45. The van der Waals surface area contributed by atoms with Crippen molar-refractivity contribution < 1.29 is 13.2 Å². The second-order valence-corrected chi connectivity index (χ2v) is 5.77. The van der Waals surface area contributed by atoms with Crippen LogP contribution in [-0.2, 0) is 6.18 Å². The van der Waals surface area contributed by atoms with Crippen molar-refractivity contribution in [3.63, 3.8) is 0 Å². The van der Waals surface area contributed by atoms with Gasteiger partial charge in [-0.3, -0.25) is 0 Å². The molecule has 1 aliphatic carbocycles. The second-order valence-electron chi connectivity index (χ2n) is 5.77. The predicted octanol–water partition coefficient (Wildman–Crippen LogP) is 4.92. The molecule has 0 bridgehead atoms. The summed E-state index contributed by atoms with van der Waals surface area (Å²) in [6.45, 7) is 2.14. The van der Waals surface area contributed by atoms with Crippen LogP contribution in [-0.4, -0.2) is 0 Å². The summed E-state index contributed by atoms with van der Waals surface area (Å²) in [5, 5.41) is 0. The van der Waals surface area contributed by atoms with E-state index < -0.39 is 11.7 Å². The zero-order chi connectivity index (χ0) is 14.8. The van der Waals surface area contributed by atoms with Crippen LogP contribution in [0.15, 0.2) is 24.3 Å². The topological polar surface area (TPSA) is 26.0 Å². The summed E-state index contributed by atoms with van der Waals surface area (Å²) in [5.74, 6) is 0.838. The van der Waals surface area contributed by atoms with Crippen LogP contribution in [0.5, 0.6) is 0 Å². The van der Waals surface area contributed by atoms with Gasteiger partial charge < -0.3 is 5.73 Å². The first-order chi connectivity index (χ1) is 9.43. The van der Waals surface area contributed by atoms with Gasteiger partial charge in [0.25, 0.3) is 0 Å². The molecular weight excluding hydrogens is 263 g/mol. The van der Waals surface area contributed by atoms with E-state index in [0.29, 0.717) is 17.4 Å². The van der Waals surface area contributed by atoms with Crippen LogP contribution in [0.4, 0.5) is 13.2 Å². The molecule has 1 nitrogen and oxygen atoms in total. The highest BCUT2D eigenvalue weighted by Gasteiger charge is 2.33. The quantitative estimate of drug-likeness (QED) is 0.838. The molecule has 2 rings (SSSR count). The first kappa shape index (κ1) is 15.4. The molecule has 1 saturated carbocycles. The van der Waals surface area contributed by atoms with Gasteiger partial charge in [0.05, 0.1) is 5.56 Å². The van der Waals surface area contributed by atoms with Crippen molar-refractivity contribution in [2.75, 3.05) is 0 Å². The number of hydrogen-bond donors (Lipinski definition) is 1. The highest BCUT2D eigenvalue weighted by molar-refractivity contribution is 5.28. The van der Waals surface area contributed by atoms with Crippen LogP contribution in [0.25, 0.3) is 0 Å². The Labute approximate surface area is 118 Å². The van der Waals surface area contributed by atoms with Crippen molar-refractivity contribution in [2.45, 2.75) is 51.2 Å². The lowest BCUT2D eigenvalue weighted by Gasteiger charge is -2.35. The van der Waals surface area contributed by atoms with Gasteiger partial charge in [0.1, 0.15) is 0 Å². The monoisotopic (exact) mass is 285 g/mol. The van der Waals surface area contributed by atoms with Crippen LogP contribution in [0, 0.1) is 11.8 Å². The van der Waals surface area contributed by atoms with E-state index in [1.807, 2.05) is 0 Å². The van der Waals surface area contributed by atoms with Gasteiger partial charge in [0.2, 0.25) is 0 Å². The minimum absolute atomic E-state index is 0.289. The molecule has 2 N–H and O–H groups in total. The first-order valence-corrected chi connectivity index (χ1v) is 7.36. The third kappa shape index (κ3) is 3.35. The molecule has 0 amide bonds. The van der Waals surface area contributed by atoms with E-state index in [2.05, 4.69) is 6.92 Å². The third-order valence-electron chi connectivity index (χ3n) is 4.55. The highest BCUT2D eigenvalue weighted by Crippen LogP contribution is 2.40. The Balaban J connectivity index is 2.21. The minimum atomic E-state index is -4.30.